The van der Waals surface area contributed by atoms with Crippen LogP contribution in [0.15, 0.2) is 182 Å². The fraction of sp³-hybridized carbons (Fsp3) is 0.182. The number of rotatable bonds is 8. The average molecular weight is 1050 g/mol. The van der Waals surface area contributed by atoms with Crippen LogP contribution in [0.1, 0.15) is 66.8 Å². The summed E-state index contributed by atoms with van der Waals surface area (Å²) in [5.41, 5.74) is 26.4. The van der Waals surface area contributed by atoms with E-state index in [-0.39, 0.29) is 0 Å². The molecule has 0 aliphatic carbocycles. The van der Waals surface area contributed by atoms with Crippen LogP contribution in [0.2, 0.25) is 13.1 Å². The normalized spacial score (nSPS) is 10.7. The minimum atomic E-state index is -0.826. The Kier molecular flexibility index (Phi) is 18.5. The molecule has 0 bridgehead atoms. The molecule has 0 saturated heterocycles. The van der Waals surface area contributed by atoms with Crippen molar-refractivity contribution in [3.63, 3.8) is 0 Å². The molecule has 0 atom stereocenters. The van der Waals surface area contributed by atoms with Gasteiger partial charge in [-0.3, -0.25) is 0 Å². The van der Waals surface area contributed by atoms with Crippen LogP contribution in [0.3, 0.4) is 0 Å². The van der Waals surface area contributed by atoms with Crippen LogP contribution >= 0.6 is 17.0 Å². The van der Waals surface area contributed by atoms with Gasteiger partial charge in [-0.1, -0.05) is 249 Å². The first-order valence-corrected chi connectivity index (χ1v) is 32.5. The third-order valence-corrected chi connectivity index (χ3v) is 12.5. The van der Waals surface area contributed by atoms with Crippen molar-refractivity contribution in [3.05, 3.63) is 249 Å². The zero-order valence-corrected chi connectivity index (χ0v) is 47.5. The summed E-state index contributed by atoms with van der Waals surface area (Å²) in [4.78, 5) is 0. The van der Waals surface area contributed by atoms with E-state index in [1.54, 1.807) is 0 Å². The van der Waals surface area contributed by atoms with Gasteiger partial charge < -0.3 is 0 Å². The number of benzene rings is 8. The van der Waals surface area contributed by atoms with Crippen molar-refractivity contribution in [1.82, 2.24) is 0 Å². The fourth-order valence-electron chi connectivity index (χ4n) is 10.1. The molecule has 0 fully saturated rings. The van der Waals surface area contributed by atoms with Gasteiger partial charge in [-0.25, -0.2) is 0 Å². The van der Waals surface area contributed by atoms with Gasteiger partial charge in [0.2, 0.25) is 0 Å². The van der Waals surface area contributed by atoms with Crippen molar-refractivity contribution in [2.75, 3.05) is 0 Å². The van der Waals surface area contributed by atoms with E-state index in [1.165, 1.54) is 133 Å². The molecule has 0 aliphatic rings. The Morgan fingerprint density at radius 1 is 0.357 bits per heavy atom. The third-order valence-electron chi connectivity index (χ3n) is 12.5. The van der Waals surface area contributed by atoms with Gasteiger partial charge in [0.25, 0.3) is 0 Å². The maximum absolute atomic E-state index is 4.93. The number of hydrogen-bond donors (Lipinski definition) is 0. The van der Waals surface area contributed by atoms with Gasteiger partial charge in [0.1, 0.15) is 0 Å². The maximum atomic E-state index is 4.93. The van der Waals surface area contributed by atoms with Crippen LogP contribution in [-0.4, -0.2) is 9.52 Å². The second-order valence-electron chi connectivity index (χ2n) is 19.1. The first-order chi connectivity index (χ1) is 33.7. The Hall–Kier alpha value is -5.34. The molecule has 0 N–H and O–H groups in total. The summed E-state index contributed by atoms with van der Waals surface area (Å²) < 4.78 is 0. The molecule has 0 nitrogen and oxygen atoms in total. The van der Waals surface area contributed by atoms with E-state index < -0.39 is 20.8 Å². The van der Waals surface area contributed by atoms with Gasteiger partial charge in [0, 0.05) is 9.52 Å². The molecule has 350 valence electrons. The van der Waals surface area contributed by atoms with E-state index in [1.807, 2.05) is 0 Å². The summed E-state index contributed by atoms with van der Waals surface area (Å²) in [6, 6.07) is 67.9. The molecular formula is C66H64Cl2SiZr. The van der Waals surface area contributed by atoms with Crippen LogP contribution in [0.25, 0.3) is 66.1 Å². The zero-order valence-electron chi connectivity index (χ0n) is 42.5. The van der Waals surface area contributed by atoms with Gasteiger partial charge in [-0.15, -0.1) is 44.8 Å². The first kappa shape index (κ1) is 52.5. The number of aryl methyl sites for hydroxylation is 8. The van der Waals surface area contributed by atoms with E-state index in [2.05, 4.69) is 250 Å². The Morgan fingerprint density at radius 2 is 0.600 bits per heavy atom. The predicted molar refractivity (Wildman–Crippen MR) is 306 cm³/mol. The molecule has 0 aromatic heterocycles. The van der Waals surface area contributed by atoms with Crippen LogP contribution < -0.4 is 0 Å². The Labute approximate surface area is 440 Å². The molecule has 0 aliphatic heterocycles. The second kappa shape index (κ2) is 24.7. The molecule has 0 saturated carbocycles. The molecule has 4 heteroatoms. The molecule has 2 radical (unpaired) electrons. The van der Waals surface area contributed by atoms with E-state index in [0.29, 0.717) is 0 Å². The molecule has 0 heterocycles. The molecule has 0 amide bonds. The monoisotopic (exact) mass is 1040 g/mol. The van der Waals surface area contributed by atoms with Gasteiger partial charge in [-0.2, -0.15) is 12.1 Å². The summed E-state index contributed by atoms with van der Waals surface area (Å²) in [7, 11) is 11.0. The van der Waals surface area contributed by atoms with Crippen molar-refractivity contribution in [2.45, 2.75) is 81.3 Å². The molecule has 70 heavy (non-hydrogen) atoms. The van der Waals surface area contributed by atoms with Crippen molar-refractivity contribution < 1.29 is 20.8 Å². The zero-order chi connectivity index (χ0) is 49.9. The number of hydrogen-bond acceptors (Lipinski definition) is 0. The van der Waals surface area contributed by atoms with Gasteiger partial charge >= 0.3 is 37.9 Å². The van der Waals surface area contributed by atoms with E-state index >= 15 is 0 Å². The van der Waals surface area contributed by atoms with Crippen molar-refractivity contribution in [3.8, 4) is 44.5 Å². The average Bonchev–Trinajstić information content (AvgIpc) is 3.93. The summed E-state index contributed by atoms with van der Waals surface area (Å²) in [6.45, 7) is 21.8. The van der Waals surface area contributed by atoms with Gasteiger partial charge in [-0.05, 0) is 90.5 Å². The Bertz CT molecular complexity index is 2860. The molecule has 0 spiro atoms. The van der Waals surface area contributed by atoms with E-state index in [4.69, 9.17) is 17.0 Å². The molecule has 0 unspecified atom stereocenters. The Morgan fingerprint density at radius 3 is 0.871 bits per heavy atom. The van der Waals surface area contributed by atoms with E-state index in [9.17, 15) is 0 Å². The van der Waals surface area contributed by atoms with Crippen LogP contribution in [-0.2, 0) is 33.7 Å². The van der Waals surface area contributed by atoms with Crippen LogP contribution in [0, 0.1) is 55.4 Å². The van der Waals surface area contributed by atoms with Gasteiger partial charge in [0.15, 0.2) is 0 Å². The minimum absolute atomic E-state index is 0.826. The van der Waals surface area contributed by atoms with E-state index in [0.717, 1.165) is 22.4 Å². The molecule has 10 rings (SSSR count). The summed E-state index contributed by atoms with van der Waals surface area (Å²) in [6.07, 6.45) is 1.90. The molecular weight excluding hydrogens is 983 g/mol. The predicted octanol–water partition coefficient (Wildman–Crippen LogP) is 19.6. The summed E-state index contributed by atoms with van der Waals surface area (Å²) >= 11 is -0.826. The second-order valence-corrected chi connectivity index (χ2v) is 23.8. The number of fused-ring (bicyclic) bond motifs is 2. The van der Waals surface area contributed by atoms with Crippen LogP contribution in [0.5, 0.6) is 0 Å². The van der Waals surface area contributed by atoms with Crippen molar-refractivity contribution >= 4 is 48.1 Å². The standard InChI is InChI=1S/2C32H29.C2H6Si.2ClH.Zr/c2*1-21-12-22(2)15-27(14-21)29-10-11-30(28-16-23(3)13-24(4)17-28)32-20-26(19-31(29)32)18-25-8-6-5-7-9-25;1-3-2;;;/h2*5-17,19-20H,18H2,1-4H3;1-2H3;2*1H;/q2*-1;;;;+4/p-2. The molecule has 10 aromatic rings. The number of halogens is 2. The van der Waals surface area contributed by atoms with Gasteiger partial charge in [0.05, 0.1) is 0 Å². The Balaban J connectivity index is 0.000000186. The molecule has 10 aromatic carbocycles. The first-order valence-electron chi connectivity index (χ1n) is 24.2. The van der Waals surface area contributed by atoms with Crippen molar-refractivity contribution in [1.29, 1.82) is 0 Å². The fourth-order valence-corrected chi connectivity index (χ4v) is 10.1. The quantitative estimate of drug-likeness (QED) is 0.105. The van der Waals surface area contributed by atoms with Crippen molar-refractivity contribution in [2.24, 2.45) is 0 Å². The topological polar surface area (TPSA) is 0 Å². The summed E-state index contributed by atoms with van der Waals surface area (Å²) in [5, 5.41) is 5.38. The van der Waals surface area contributed by atoms with Crippen LogP contribution in [0.4, 0.5) is 0 Å². The summed E-state index contributed by atoms with van der Waals surface area (Å²) in [5.74, 6) is 0. The third kappa shape index (κ3) is 13.5. The SMILES string of the molecule is C[Si]C.Cc1cc(C)cc(-c2ccc(-c3cc(C)cc(C)c3)c3[cH-]c(Cc4ccccc4)cc23)c1.Cc1cc(C)cc(-c2ccc(-c3cc(C)cc(C)c3)c3[cH-]c(Cc4ccccc4)cc23)c1.[Cl][Zr+2][Cl].